The molecule has 0 fully saturated rings. The molecule has 0 saturated carbocycles. The van der Waals surface area contributed by atoms with E-state index >= 15 is 0 Å². The second-order valence-electron chi connectivity index (χ2n) is 7.43. The van der Waals surface area contributed by atoms with Crippen molar-refractivity contribution in [2.24, 2.45) is 4.99 Å². The molecule has 176 valence electrons. The first kappa shape index (κ1) is 27.7. The van der Waals surface area contributed by atoms with E-state index in [0.29, 0.717) is 24.6 Å². The van der Waals surface area contributed by atoms with E-state index in [2.05, 4.69) is 20.9 Å². The van der Waals surface area contributed by atoms with Gasteiger partial charge in [-0.2, -0.15) is 0 Å². The van der Waals surface area contributed by atoms with Gasteiger partial charge in [-0.1, -0.05) is 24.3 Å². The molecule has 0 spiro atoms. The minimum atomic E-state index is -0.726. The van der Waals surface area contributed by atoms with Crippen LogP contribution in [0.5, 0.6) is 5.75 Å². The average Bonchev–Trinajstić information content (AvgIpc) is 2.76. The maximum Gasteiger partial charge on any atom is 0.251 e. The third-order valence-corrected chi connectivity index (χ3v) is 4.50. The molecule has 1 amide bonds. The van der Waals surface area contributed by atoms with Crippen LogP contribution in [0.25, 0.3) is 0 Å². The predicted octanol–water partition coefficient (Wildman–Crippen LogP) is 3.28. The number of nitrogens with one attached hydrogen (secondary N) is 3. The molecule has 8 heteroatoms. The summed E-state index contributed by atoms with van der Waals surface area (Å²) in [6, 6.07) is 15.0. The number of carbonyl (C=O) groups is 1. The second-order valence-corrected chi connectivity index (χ2v) is 7.43. The number of guanidine groups is 1. The van der Waals surface area contributed by atoms with Crippen molar-refractivity contribution in [3.63, 3.8) is 0 Å². The highest BCUT2D eigenvalue weighted by molar-refractivity contribution is 14.0. The highest BCUT2D eigenvalue weighted by Gasteiger charge is 2.10. The van der Waals surface area contributed by atoms with Crippen LogP contribution >= 0.6 is 24.0 Å². The molecule has 0 aliphatic heterocycles. The van der Waals surface area contributed by atoms with E-state index < -0.39 is 6.10 Å². The number of ether oxygens (including phenoxy) is 1. The molecule has 0 aliphatic carbocycles. The zero-order chi connectivity index (χ0) is 22.6. The first-order valence-corrected chi connectivity index (χ1v) is 10.7. The lowest BCUT2D eigenvalue weighted by molar-refractivity contribution is 0.0963. The Balaban J connectivity index is 0.00000512. The molecule has 0 aromatic heterocycles. The molecular formula is C24H35IN4O3. The maximum atomic E-state index is 11.8. The SMILES string of the molecule is CCNC(=NCC(O)c1cccc(OC(C)C)c1)NCCc1cccc(C(=O)NC)c1.I. The van der Waals surface area contributed by atoms with E-state index in [1.165, 1.54) is 0 Å². The molecule has 0 radical (unpaired) electrons. The van der Waals surface area contributed by atoms with Gasteiger partial charge < -0.3 is 25.8 Å². The number of nitrogens with zero attached hydrogens (tertiary/aromatic N) is 1. The van der Waals surface area contributed by atoms with Gasteiger partial charge in [-0.05, 0) is 62.6 Å². The first-order chi connectivity index (χ1) is 14.9. The molecular weight excluding hydrogens is 519 g/mol. The van der Waals surface area contributed by atoms with Crippen LogP contribution in [0.3, 0.4) is 0 Å². The highest BCUT2D eigenvalue weighted by atomic mass is 127. The van der Waals surface area contributed by atoms with Crippen molar-refractivity contribution in [2.75, 3.05) is 26.7 Å². The van der Waals surface area contributed by atoms with Gasteiger partial charge in [0, 0.05) is 25.7 Å². The quantitative estimate of drug-likeness (QED) is 0.206. The van der Waals surface area contributed by atoms with Gasteiger partial charge in [-0.15, -0.1) is 24.0 Å². The number of benzene rings is 2. The van der Waals surface area contributed by atoms with E-state index in [-0.39, 0.29) is 42.5 Å². The average molecular weight is 554 g/mol. The fraction of sp³-hybridized carbons (Fsp3) is 0.417. The summed E-state index contributed by atoms with van der Waals surface area (Å²) < 4.78 is 5.70. The van der Waals surface area contributed by atoms with E-state index in [0.717, 1.165) is 23.3 Å². The van der Waals surface area contributed by atoms with E-state index in [1.807, 2.05) is 63.2 Å². The zero-order valence-corrected chi connectivity index (χ0v) is 21.6. The van der Waals surface area contributed by atoms with Crippen molar-refractivity contribution in [3.8, 4) is 5.75 Å². The van der Waals surface area contributed by atoms with Gasteiger partial charge in [0.1, 0.15) is 5.75 Å². The van der Waals surface area contributed by atoms with Crippen LogP contribution in [-0.2, 0) is 6.42 Å². The third-order valence-electron chi connectivity index (χ3n) is 4.50. The summed E-state index contributed by atoms with van der Waals surface area (Å²) in [6.45, 7) is 7.52. The van der Waals surface area contributed by atoms with E-state index in [9.17, 15) is 9.90 Å². The number of carbonyl (C=O) groups excluding carboxylic acids is 1. The summed E-state index contributed by atoms with van der Waals surface area (Å²) in [6.07, 6.45) is 0.0919. The predicted molar refractivity (Wildman–Crippen MR) is 140 cm³/mol. The van der Waals surface area contributed by atoms with E-state index in [4.69, 9.17) is 4.74 Å². The van der Waals surface area contributed by atoms with Crippen LogP contribution in [0.1, 0.15) is 48.4 Å². The molecule has 0 bridgehead atoms. The number of aliphatic hydroxyl groups is 1. The Morgan fingerprint density at radius 3 is 2.56 bits per heavy atom. The summed E-state index contributed by atoms with van der Waals surface area (Å²) in [5.41, 5.74) is 2.47. The van der Waals surface area contributed by atoms with Gasteiger partial charge in [-0.25, -0.2) is 0 Å². The number of halogens is 1. The topological polar surface area (TPSA) is 95.0 Å². The minimum absolute atomic E-state index is 0. The van der Waals surface area contributed by atoms with Gasteiger partial charge in [-0.3, -0.25) is 9.79 Å². The number of hydrogen-bond donors (Lipinski definition) is 4. The Morgan fingerprint density at radius 2 is 1.88 bits per heavy atom. The molecule has 0 saturated heterocycles. The van der Waals surface area contributed by atoms with Gasteiger partial charge in [0.15, 0.2) is 5.96 Å². The number of rotatable bonds is 10. The Labute approximate surface area is 208 Å². The molecule has 2 aromatic rings. The van der Waals surface area contributed by atoms with Crippen LogP contribution in [0.4, 0.5) is 0 Å². The molecule has 2 rings (SSSR count). The fourth-order valence-electron chi connectivity index (χ4n) is 3.03. The van der Waals surface area contributed by atoms with Crippen molar-refractivity contribution in [3.05, 3.63) is 65.2 Å². The number of aliphatic imine (C=N–C) groups is 1. The zero-order valence-electron chi connectivity index (χ0n) is 19.2. The molecule has 2 aromatic carbocycles. The van der Waals surface area contributed by atoms with Crippen LogP contribution in [0.2, 0.25) is 0 Å². The summed E-state index contributed by atoms with van der Waals surface area (Å²) in [5.74, 6) is 1.28. The van der Waals surface area contributed by atoms with Crippen molar-refractivity contribution < 1.29 is 14.6 Å². The summed E-state index contributed by atoms with van der Waals surface area (Å²) in [4.78, 5) is 16.3. The fourth-order valence-corrected chi connectivity index (χ4v) is 3.03. The van der Waals surface area contributed by atoms with Crippen LogP contribution in [-0.4, -0.2) is 49.8 Å². The lowest BCUT2D eigenvalue weighted by Crippen LogP contribution is -2.38. The van der Waals surface area contributed by atoms with Gasteiger partial charge in [0.25, 0.3) is 5.91 Å². The van der Waals surface area contributed by atoms with Crippen molar-refractivity contribution in [1.82, 2.24) is 16.0 Å². The number of amides is 1. The summed E-state index contributed by atoms with van der Waals surface area (Å²) in [5, 5.41) is 19.7. The second kappa shape index (κ2) is 14.7. The molecule has 1 unspecified atom stereocenters. The Kier molecular flexibility index (Phi) is 12.7. The van der Waals surface area contributed by atoms with E-state index in [1.54, 1.807) is 13.1 Å². The lowest BCUT2D eigenvalue weighted by atomic mass is 10.1. The van der Waals surface area contributed by atoms with Crippen molar-refractivity contribution in [2.45, 2.75) is 39.4 Å². The van der Waals surface area contributed by atoms with Crippen LogP contribution < -0.4 is 20.7 Å². The van der Waals surface area contributed by atoms with Crippen LogP contribution in [0.15, 0.2) is 53.5 Å². The van der Waals surface area contributed by atoms with Crippen molar-refractivity contribution >= 4 is 35.8 Å². The minimum Gasteiger partial charge on any atom is -0.491 e. The van der Waals surface area contributed by atoms with Gasteiger partial charge >= 0.3 is 0 Å². The lowest BCUT2D eigenvalue weighted by Gasteiger charge is -2.15. The standard InChI is InChI=1S/C24H34N4O3.HI/c1-5-26-24(27-13-12-18-8-6-10-20(14-18)23(30)25-4)28-16-22(29)19-9-7-11-21(15-19)31-17(2)3;/h6-11,14-15,17,22,29H,5,12-13,16H2,1-4H3,(H,25,30)(H2,26,27,28);1H. The first-order valence-electron chi connectivity index (χ1n) is 10.7. The number of aliphatic hydroxyl groups excluding tert-OH is 1. The third kappa shape index (κ3) is 9.44. The smallest absolute Gasteiger partial charge is 0.251 e. The molecule has 7 nitrogen and oxygen atoms in total. The van der Waals surface area contributed by atoms with Gasteiger partial charge in [0.2, 0.25) is 0 Å². The number of hydrogen-bond acceptors (Lipinski definition) is 4. The Bertz CT molecular complexity index is 874. The molecule has 4 N–H and O–H groups in total. The normalized spacial score (nSPS) is 12.0. The molecule has 32 heavy (non-hydrogen) atoms. The summed E-state index contributed by atoms with van der Waals surface area (Å²) >= 11 is 0. The summed E-state index contributed by atoms with van der Waals surface area (Å²) in [7, 11) is 1.62. The largest absolute Gasteiger partial charge is 0.491 e. The molecule has 1 atom stereocenters. The van der Waals surface area contributed by atoms with Crippen molar-refractivity contribution in [1.29, 1.82) is 0 Å². The monoisotopic (exact) mass is 554 g/mol. The molecule has 0 aliphatic rings. The van der Waals surface area contributed by atoms with Crippen LogP contribution in [0, 0.1) is 0 Å². The molecule has 0 heterocycles. The Hall–Kier alpha value is -2.33. The maximum absolute atomic E-state index is 11.8. The Morgan fingerprint density at radius 1 is 1.12 bits per heavy atom. The van der Waals surface area contributed by atoms with Gasteiger partial charge in [0.05, 0.1) is 18.8 Å². The highest BCUT2D eigenvalue weighted by Crippen LogP contribution is 2.20.